The highest BCUT2D eigenvalue weighted by Crippen LogP contribution is 2.58. The van der Waals surface area contributed by atoms with Gasteiger partial charge in [0.2, 0.25) is 0 Å². The minimum Gasteiger partial charge on any atom is -1.00 e. The van der Waals surface area contributed by atoms with E-state index in [1.807, 2.05) is 24.3 Å². The first-order valence-electron chi connectivity index (χ1n) is 17.1. The molecule has 0 N–H and O–H groups in total. The summed E-state index contributed by atoms with van der Waals surface area (Å²) in [7, 11) is -1.95. The summed E-state index contributed by atoms with van der Waals surface area (Å²) >= 11 is 0. The van der Waals surface area contributed by atoms with Crippen LogP contribution >= 0.6 is 7.26 Å². The SMILES string of the molecule is CC(C)[C@H]1CC[C@H](C)C[C@@H]1OC(=O)c1ccc(/C=C/c2ccc(C[P+](c3ccccc3)(c3ccccc3)c3ccccc3)cc2)cc1.[Br-]. The zero-order valence-corrected chi connectivity index (χ0v) is 30.7. The fraction of sp³-hybridized carbons (Fsp3) is 0.250. The van der Waals surface area contributed by atoms with Gasteiger partial charge in [-0.1, -0.05) is 130 Å². The number of hydrogen-bond donors (Lipinski definition) is 0. The molecule has 3 atom stereocenters. The molecule has 4 heteroatoms. The predicted molar refractivity (Wildman–Crippen MR) is 201 cm³/mol. The summed E-state index contributed by atoms with van der Waals surface area (Å²) in [5, 5.41) is 4.17. The quantitative estimate of drug-likeness (QED) is 0.0887. The molecule has 1 fully saturated rings. The molecule has 0 aromatic heterocycles. The topological polar surface area (TPSA) is 26.3 Å². The molecule has 0 bridgehead atoms. The fourth-order valence-corrected chi connectivity index (χ4v) is 11.4. The number of ether oxygens (including phenoxy) is 1. The number of halogens is 1. The Hall–Kier alpha value is -3.78. The van der Waals surface area contributed by atoms with Crippen LogP contribution in [-0.4, -0.2) is 12.1 Å². The molecule has 0 spiro atoms. The van der Waals surface area contributed by atoms with Crippen molar-refractivity contribution in [2.24, 2.45) is 17.8 Å². The van der Waals surface area contributed by atoms with Crippen molar-refractivity contribution >= 4 is 41.3 Å². The fourth-order valence-electron chi connectivity index (χ4n) is 7.16. The van der Waals surface area contributed by atoms with E-state index in [4.69, 9.17) is 4.74 Å². The lowest BCUT2D eigenvalue weighted by molar-refractivity contribution is -0.0174. The van der Waals surface area contributed by atoms with Gasteiger partial charge in [-0.15, -0.1) is 0 Å². The van der Waals surface area contributed by atoms with Crippen molar-refractivity contribution in [1.29, 1.82) is 0 Å². The third kappa shape index (κ3) is 8.25. The Kier molecular flexibility index (Phi) is 12.3. The van der Waals surface area contributed by atoms with Crippen molar-refractivity contribution in [2.45, 2.75) is 52.3 Å². The second-order valence-corrected chi connectivity index (χ2v) is 16.9. The van der Waals surface area contributed by atoms with Gasteiger partial charge in [0.25, 0.3) is 0 Å². The Labute approximate surface area is 298 Å². The van der Waals surface area contributed by atoms with E-state index in [1.54, 1.807) is 0 Å². The Balaban J connectivity index is 0.00000451. The highest BCUT2D eigenvalue weighted by molar-refractivity contribution is 7.95. The van der Waals surface area contributed by atoms with E-state index in [9.17, 15) is 4.79 Å². The van der Waals surface area contributed by atoms with Crippen LogP contribution in [0.2, 0.25) is 0 Å². The third-order valence-electron chi connectivity index (χ3n) is 9.82. The molecule has 0 heterocycles. The van der Waals surface area contributed by atoms with E-state index in [-0.39, 0.29) is 29.1 Å². The van der Waals surface area contributed by atoms with E-state index in [0.29, 0.717) is 23.3 Å². The number of rotatable bonds is 10. The number of carbonyl (C=O) groups excluding carboxylic acids is 1. The van der Waals surface area contributed by atoms with Crippen LogP contribution < -0.4 is 32.9 Å². The molecule has 246 valence electrons. The first kappa shape index (κ1) is 35.5. The molecule has 2 nitrogen and oxygen atoms in total. The van der Waals surface area contributed by atoms with E-state index < -0.39 is 7.26 Å². The summed E-state index contributed by atoms with van der Waals surface area (Å²) in [6, 6.07) is 49.9. The summed E-state index contributed by atoms with van der Waals surface area (Å²) in [4.78, 5) is 13.0. The molecule has 0 amide bonds. The van der Waals surface area contributed by atoms with E-state index in [2.05, 4.69) is 148 Å². The van der Waals surface area contributed by atoms with E-state index >= 15 is 0 Å². The van der Waals surface area contributed by atoms with Gasteiger partial charge in [-0.25, -0.2) is 4.79 Å². The first-order valence-corrected chi connectivity index (χ1v) is 19.0. The number of carbonyl (C=O) groups is 1. The van der Waals surface area contributed by atoms with Gasteiger partial charge < -0.3 is 21.7 Å². The standard InChI is InChI=1S/C44H46O2P.BrH/c1-33(2)42-30-19-34(3)31-43(42)46-44(45)38-28-26-36(27-29-38)21-20-35-22-24-37(25-23-35)32-47(39-13-7-4-8-14-39,40-15-9-5-10-16-40)41-17-11-6-12-18-41;/h4-18,20-29,33-34,42-43H,19,30-32H2,1-3H3;1H/q+1;/p-1/b21-20+;/t34-,42+,43-;/m0./s1. The zero-order chi connectivity index (χ0) is 32.6. The van der Waals surface area contributed by atoms with Gasteiger partial charge in [0.1, 0.15) is 29.3 Å². The van der Waals surface area contributed by atoms with E-state index in [1.165, 1.54) is 27.9 Å². The highest BCUT2D eigenvalue weighted by atomic mass is 79.9. The van der Waals surface area contributed by atoms with Crippen LogP contribution in [0.1, 0.15) is 67.1 Å². The average molecular weight is 718 g/mol. The Morgan fingerprint density at radius 1 is 0.688 bits per heavy atom. The minimum atomic E-state index is -1.95. The summed E-state index contributed by atoms with van der Waals surface area (Å²) in [6.45, 7) is 6.75. The second kappa shape index (κ2) is 16.6. The van der Waals surface area contributed by atoms with Crippen molar-refractivity contribution in [2.75, 3.05) is 0 Å². The van der Waals surface area contributed by atoms with Crippen LogP contribution in [0.3, 0.4) is 0 Å². The lowest BCUT2D eigenvalue weighted by atomic mass is 9.75. The molecule has 0 radical (unpaired) electrons. The van der Waals surface area contributed by atoms with Crippen LogP contribution in [0.15, 0.2) is 140 Å². The maximum absolute atomic E-state index is 13.0. The van der Waals surface area contributed by atoms with Crippen LogP contribution in [0.5, 0.6) is 0 Å². The minimum absolute atomic E-state index is 0. The Bertz CT molecular complexity index is 1650. The van der Waals surface area contributed by atoms with E-state index in [0.717, 1.165) is 30.1 Å². The molecule has 1 aliphatic rings. The summed E-state index contributed by atoms with van der Waals surface area (Å²) in [5.74, 6) is 1.35. The van der Waals surface area contributed by atoms with Crippen LogP contribution in [-0.2, 0) is 10.9 Å². The zero-order valence-electron chi connectivity index (χ0n) is 28.2. The summed E-state index contributed by atoms with van der Waals surface area (Å²) < 4.78 is 6.07. The molecule has 0 aliphatic heterocycles. The van der Waals surface area contributed by atoms with Crippen LogP contribution in [0, 0.1) is 17.8 Å². The van der Waals surface area contributed by atoms with Crippen molar-refractivity contribution in [3.63, 3.8) is 0 Å². The van der Waals surface area contributed by atoms with Gasteiger partial charge >= 0.3 is 5.97 Å². The van der Waals surface area contributed by atoms with Crippen LogP contribution in [0.4, 0.5) is 0 Å². The maximum Gasteiger partial charge on any atom is 0.338 e. The molecular weight excluding hydrogens is 671 g/mol. The lowest BCUT2D eigenvalue weighted by Gasteiger charge is -2.36. The molecule has 0 unspecified atom stereocenters. The first-order chi connectivity index (χ1) is 22.9. The Morgan fingerprint density at radius 2 is 1.15 bits per heavy atom. The monoisotopic (exact) mass is 716 g/mol. The predicted octanol–water partition coefficient (Wildman–Crippen LogP) is 6.97. The second-order valence-electron chi connectivity index (χ2n) is 13.4. The Morgan fingerprint density at radius 3 is 1.60 bits per heavy atom. The molecule has 0 saturated heterocycles. The van der Waals surface area contributed by atoms with Gasteiger partial charge in [0.05, 0.1) is 11.7 Å². The van der Waals surface area contributed by atoms with Crippen LogP contribution in [0.25, 0.3) is 12.2 Å². The van der Waals surface area contributed by atoms with Gasteiger partial charge in [0, 0.05) is 0 Å². The summed E-state index contributed by atoms with van der Waals surface area (Å²) in [6.07, 6.45) is 8.52. The molecule has 5 aromatic carbocycles. The van der Waals surface area contributed by atoms with Gasteiger partial charge in [-0.05, 0) is 95.8 Å². The number of esters is 1. The van der Waals surface area contributed by atoms with Gasteiger partial charge in [-0.2, -0.15) is 0 Å². The van der Waals surface area contributed by atoms with Crippen molar-refractivity contribution in [3.8, 4) is 0 Å². The lowest BCUT2D eigenvalue weighted by Crippen LogP contribution is -3.00. The largest absolute Gasteiger partial charge is 1.00 e. The third-order valence-corrected chi connectivity index (χ3v) is 14.2. The van der Waals surface area contributed by atoms with Crippen molar-refractivity contribution < 1.29 is 26.5 Å². The average Bonchev–Trinajstić information content (AvgIpc) is 3.11. The molecule has 6 rings (SSSR count). The maximum atomic E-state index is 13.0. The molecule has 48 heavy (non-hydrogen) atoms. The van der Waals surface area contributed by atoms with Gasteiger partial charge in [0.15, 0.2) is 0 Å². The number of hydrogen-bond acceptors (Lipinski definition) is 2. The van der Waals surface area contributed by atoms with Gasteiger partial charge in [-0.3, -0.25) is 0 Å². The molecule has 1 saturated carbocycles. The smallest absolute Gasteiger partial charge is 0.338 e. The molecule has 1 aliphatic carbocycles. The number of benzene rings is 5. The molecular formula is C44H46BrO2P. The summed E-state index contributed by atoms with van der Waals surface area (Å²) in [5.41, 5.74) is 4.14. The molecule has 5 aromatic rings. The van der Waals surface area contributed by atoms with Crippen molar-refractivity contribution in [3.05, 3.63) is 162 Å². The normalized spacial score (nSPS) is 18.0. The highest BCUT2D eigenvalue weighted by Gasteiger charge is 2.45. The van der Waals surface area contributed by atoms with Crippen molar-refractivity contribution in [1.82, 2.24) is 0 Å².